The first-order valence-electron chi connectivity index (χ1n) is 2.38. The van der Waals surface area contributed by atoms with E-state index in [0.29, 0.717) is 0 Å². The van der Waals surface area contributed by atoms with Gasteiger partial charge in [0, 0.05) is 12.3 Å². The SMILES string of the molecule is O=C(Cl)c1nccc(F)n1. The molecule has 0 atom stereocenters. The quantitative estimate of drug-likeness (QED) is 0.455. The summed E-state index contributed by atoms with van der Waals surface area (Å²) in [5.41, 5.74) is 0. The Morgan fingerprint density at radius 1 is 1.70 bits per heavy atom. The van der Waals surface area contributed by atoms with Gasteiger partial charge in [0.1, 0.15) is 0 Å². The average Bonchev–Trinajstić information content (AvgIpc) is 1.88. The van der Waals surface area contributed by atoms with Gasteiger partial charge in [-0.2, -0.15) is 9.37 Å². The van der Waals surface area contributed by atoms with Crippen LogP contribution in [0.15, 0.2) is 12.3 Å². The molecule has 0 N–H and O–H groups in total. The van der Waals surface area contributed by atoms with E-state index in [4.69, 9.17) is 11.6 Å². The van der Waals surface area contributed by atoms with E-state index < -0.39 is 11.2 Å². The minimum absolute atomic E-state index is 0.318. The molecule has 52 valence electrons. The van der Waals surface area contributed by atoms with Crippen molar-refractivity contribution in [2.24, 2.45) is 0 Å². The van der Waals surface area contributed by atoms with E-state index in [1.807, 2.05) is 0 Å². The highest BCUT2D eigenvalue weighted by Crippen LogP contribution is 1.96. The van der Waals surface area contributed by atoms with Crippen molar-refractivity contribution in [2.75, 3.05) is 0 Å². The lowest BCUT2D eigenvalue weighted by Crippen LogP contribution is -1.99. The standard InChI is InChI=1S/C5H2ClFN2O/c6-4(10)5-8-2-1-3(7)9-5/h1-2H. The number of carbonyl (C=O) groups is 1. The number of rotatable bonds is 1. The zero-order valence-corrected chi connectivity index (χ0v) is 5.47. The van der Waals surface area contributed by atoms with Crippen LogP contribution in [0.4, 0.5) is 4.39 Å². The van der Waals surface area contributed by atoms with Crippen molar-refractivity contribution in [3.05, 3.63) is 24.0 Å². The molecule has 1 aromatic heterocycles. The van der Waals surface area contributed by atoms with Crippen LogP contribution in [0.1, 0.15) is 10.6 Å². The van der Waals surface area contributed by atoms with Crippen LogP contribution in [0.25, 0.3) is 0 Å². The van der Waals surface area contributed by atoms with Crippen LogP contribution in [0.2, 0.25) is 0 Å². The fourth-order valence-corrected chi connectivity index (χ4v) is 0.522. The van der Waals surface area contributed by atoms with E-state index >= 15 is 0 Å². The van der Waals surface area contributed by atoms with Gasteiger partial charge >= 0.3 is 0 Å². The second kappa shape index (κ2) is 2.70. The molecule has 1 heterocycles. The van der Waals surface area contributed by atoms with E-state index in [1.54, 1.807) is 0 Å². The highest BCUT2D eigenvalue weighted by molar-refractivity contribution is 6.67. The van der Waals surface area contributed by atoms with Gasteiger partial charge in [0.15, 0.2) is 0 Å². The Kier molecular flexibility index (Phi) is 1.91. The van der Waals surface area contributed by atoms with Crippen LogP contribution in [0, 0.1) is 5.95 Å². The zero-order valence-electron chi connectivity index (χ0n) is 4.71. The molecule has 3 nitrogen and oxygen atoms in total. The number of carbonyl (C=O) groups excluding carboxylic acids is 1. The summed E-state index contributed by atoms with van der Waals surface area (Å²) in [7, 11) is 0. The summed E-state index contributed by atoms with van der Waals surface area (Å²) in [5, 5.41) is -0.862. The van der Waals surface area contributed by atoms with Gasteiger partial charge in [-0.05, 0) is 11.6 Å². The van der Waals surface area contributed by atoms with E-state index in [9.17, 15) is 9.18 Å². The second-order valence-corrected chi connectivity index (χ2v) is 1.82. The topological polar surface area (TPSA) is 42.9 Å². The summed E-state index contributed by atoms with van der Waals surface area (Å²) < 4.78 is 12.2. The van der Waals surface area contributed by atoms with Gasteiger partial charge in [-0.15, -0.1) is 0 Å². The van der Waals surface area contributed by atoms with E-state index in [0.717, 1.165) is 12.3 Å². The molecule has 1 rings (SSSR count). The van der Waals surface area contributed by atoms with E-state index in [-0.39, 0.29) is 5.82 Å². The van der Waals surface area contributed by atoms with Crippen LogP contribution in [0.5, 0.6) is 0 Å². The highest BCUT2D eigenvalue weighted by Gasteiger charge is 2.04. The van der Waals surface area contributed by atoms with Gasteiger partial charge < -0.3 is 0 Å². The van der Waals surface area contributed by atoms with Crippen molar-refractivity contribution in [2.45, 2.75) is 0 Å². The van der Waals surface area contributed by atoms with Gasteiger partial charge in [0.2, 0.25) is 11.8 Å². The lowest BCUT2D eigenvalue weighted by Gasteiger charge is -1.88. The lowest BCUT2D eigenvalue weighted by molar-refractivity contribution is 0.107. The highest BCUT2D eigenvalue weighted by atomic mass is 35.5. The van der Waals surface area contributed by atoms with Crippen LogP contribution in [-0.2, 0) is 0 Å². The molecule has 0 aliphatic carbocycles. The van der Waals surface area contributed by atoms with Crippen molar-refractivity contribution < 1.29 is 9.18 Å². The normalized spacial score (nSPS) is 9.40. The van der Waals surface area contributed by atoms with Crippen molar-refractivity contribution in [1.82, 2.24) is 9.97 Å². The molecule has 0 unspecified atom stereocenters. The third-order valence-corrected chi connectivity index (χ3v) is 0.966. The summed E-state index contributed by atoms with van der Waals surface area (Å²) in [6, 6.07) is 1.03. The zero-order chi connectivity index (χ0) is 7.56. The second-order valence-electron chi connectivity index (χ2n) is 1.48. The minimum Gasteiger partial charge on any atom is -0.272 e. The van der Waals surface area contributed by atoms with Gasteiger partial charge in [-0.3, -0.25) is 4.79 Å². The summed E-state index contributed by atoms with van der Waals surface area (Å²) >= 11 is 4.94. The van der Waals surface area contributed by atoms with Crippen molar-refractivity contribution in [1.29, 1.82) is 0 Å². The van der Waals surface area contributed by atoms with Gasteiger partial charge in [-0.1, -0.05) is 0 Å². The van der Waals surface area contributed by atoms with E-state index in [2.05, 4.69) is 9.97 Å². The third-order valence-electron chi connectivity index (χ3n) is 0.797. The lowest BCUT2D eigenvalue weighted by atomic mass is 10.6. The Morgan fingerprint density at radius 2 is 2.40 bits per heavy atom. The predicted molar refractivity (Wildman–Crippen MR) is 32.2 cm³/mol. The molecule has 0 saturated heterocycles. The van der Waals surface area contributed by atoms with E-state index in [1.165, 1.54) is 0 Å². The monoisotopic (exact) mass is 160 g/mol. The first kappa shape index (κ1) is 7.08. The number of hydrogen-bond donors (Lipinski definition) is 0. The largest absolute Gasteiger partial charge is 0.289 e. The Balaban J connectivity index is 3.07. The van der Waals surface area contributed by atoms with Crippen LogP contribution < -0.4 is 0 Å². The average molecular weight is 161 g/mol. The molecule has 0 aromatic carbocycles. The van der Waals surface area contributed by atoms with Crippen molar-refractivity contribution in [3.63, 3.8) is 0 Å². The van der Waals surface area contributed by atoms with Crippen molar-refractivity contribution in [3.8, 4) is 0 Å². The molecule has 0 amide bonds. The Bertz CT molecular complexity index is 266. The van der Waals surface area contributed by atoms with Crippen molar-refractivity contribution >= 4 is 16.8 Å². The first-order valence-corrected chi connectivity index (χ1v) is 2.76. The number of aromatic nitrogens is 2. The molecule has 0 bridgehead atoms. The third kappa shape index (κ3) is 1.48. The molecule has 0 aliphatic rings. The van der Waals surface area contributed by atoms with Gasteiger partial charge in [0.05, 0.1) is 0 Å². The molecule has 1 aromatic rings. The minimum atomic E-state index is -0.862. The summed E-state index contributed by atoms with van der Waals surface area (Å²) in [4.78, 5) is 16.8. The predicted octanol–water partition coefficient (Wildman–Crippen LogP) is 0.995. The van der Waals surface area contributed by atoms with Crippen LogP contribution in [-0.4, -0.2) is 15.2 Å². The summed E-state index contributed by atoms with van der Waals surface area (Å²) in [5.74, 6) is -1.08. The molecule has 0 aliphatic heterocycles. The molecule has 10 heavy (non-hydrogen) atoms. The molecule has 0 saturated carbocycles. The molecule has 0 spiro atoms. The van der Waals surface area contributed by atoms with Crippen LogP contribution >= 0.6 is 11.6 Å². The Morgan fingerprint density at radius 3 is 2.80 bits per heavy atom. The molecule has 0 fully saturated rings. The first-order chi connectivity index (χ1) is 4.70. The smallest absolute Gasteiger partial charge is 0.272 e. The maximum absolute atomic E-state index is 12.2. The van der Waals surface area contributed by atoms with Gasteiger partial charge in [0.25, 0.3) is 5.24 Å². The summed E-state index contributed by atoms with van der Waals surface area (Å²) in [6.45, 7) is 0. The molecular weight excluding hydrogens is 159 g/mol. The van der Waals surface area contributed by atoms with Gasteiger partial charge in [-0.25, -0.2) is 4.98 Å². The number of halogens is 2. The number of nitrogens with zero attached hydrogens (tertiary/aromatic N) is 2. The summed E-state index contributed by atoms with van der Waals surface area (Å²) in [6.07, 6.45) is 1.12. The van der Waals surface area contributed by atoms with Crippen LogP contribution in [0.3, 0.4) is 0 Å². The maximum atomic E-state index is 12.2. The Hall–Kier alpha value is -1.03. The molecule has 0 radical (unpaired) electrons. The fourth-order valence-electron chi connectivity index (χ4n) is 0.431. The molecule has 5 heteroatoms. The molecular formula is C5H2ClFN2O. The Labute approximate surface area is 60.9 Å². The fraction of sp³-hybridized carbons (Fsp3) is 0. The maximum Gasteiger partial charge on any atom is 0.289 e. The number of hydrogen-bond acceptors (Lipinski definition) is 3.